The van der Waals surface area contributed by atoms with Crippen molar-refractivity contribution in [2.75, 3.05) is 13.2 Å². The molecule has 0 radical (unpaired) electrons. The van der Waals surface area contributed by atoms with E-state index in [0.29, 0.717) is 12.2 Å². The van der Waals surface area contributed by atoms with Gasteiger partial charge in [0, 0.05) is 6.61 Å². The number of carbonyl (C=O) groups excluding carboxylic acids is 3. The first-order valence-electron chi connectivity index (χ1n) is 10.7. The number of ketones is 1. The van der Waals surface area contributed by atoms with Crippen LogP contribution in [-0.2, 0) is 25.5 Å². The Kier molecular flexibility index (Phi) is 8.00. The number of ether oxygens (including phenoxy) is 2. The van der Waals surface area contributed by atoms with Gasteiger partial charge in [0.2, 0.25) is 5.91 Å². The quantitative estimate of drug-likeness (QED) is 0.609. The molecule has 0 aromatic heterocycles. The summed E-state index contributed by atoms with van der Waals surface area (Å²) in [5.41, 5.74) is 0.996. The smallest absolute Gasteiger partial charge is 0.416 e. The molecule has 7 heteroatoms. The van der Waals surface area contributed by atoms with E-state index in [1.54, 1.807) is 13.0 Å². The van der Waals surface area contributed by atoms with E-state index in [1.807, 2.05) is 36.4 Å². The van der Waals surface area contributed by atoms with Gasteiger partial charge < -0.3 is 14.6 Å². The zero-order chi connectivity index (χ0) is 22.2. The van der Waals surface area contributed by atoms with Crippen LogP contribution in [0.4, 0.5) is 4.79 Å². The van der Waals surface area contributed by atoms with Crippen molar-refractivity contribution in [3.8, 4) is 0 Å². The van der Waals surface area contributed by atoms with Crippen LogP contribution in [0.5, 0.6) is 0 Å². The van der Waals surface area contributed by atoms with E-state index >= 15 is 0 Å². The number of hydrogen-bond donors (Lipinski definition) is 1. The highest BCUT2D eigenvalue weighted by molar-refractivity contribution is 6.01. The minimum Gasteiger partial charge on any atom is -0.482 e. The van der Waals surface area contributed by atoms with Crippen LogP contribution in [0, 0.1) is 5.92 Å². The molecular formula is C24H29NO6. The molecule has 1 fully saturated rings. The Morgan fingerprint density at radius 1 is 1.19 bits per heavy atom. The molecule has 2 heterocycles. The van der Waals surface area contributed by atoms with Gasteiger partial charge >= 0.3 is 6.09 Å². The largest absolute Gasteiger partial charge is 0.482 e. The fraction of sp³-hybridized carbons (Fsp3) is 0.458. The molecule has 1 saturated heterocycles. The van der Waals surface area contributed by atoms with Crippen LogP contribution in [0.1, 0.15) is 38.2 Å². The number of carbonyl (C=O) groups is 3. The van der Waals surface area contributed by atoms with Crippen molar-refractivity contribution < 1.29 is 29.0 Å². The lowest BCUT2D eigenvalue weighted by atomic mass is 9.96. The normalized spacial score (nSPS) is 23.0. The van der Waals surface area contributed by atoms with Gasteiger partial charge in [-0.05, 0) is 56.4 Å². The van der Waals surface area contributed by atoms with E-state index in [4.69, 9.17) is 14.6 Å². The summed E-state index contributed by atoms with van der Waals surface area (Å²) in [5, 5.41) is 8.84. The summed E-state index contributed by atoms with van der Waals surface area (Å²) in [7, 11) is 0. The van der Waals surface area contributed by atoms with Gasteiger partial charge in [-0.25, -0.2) is 9.69 Å². The summed E-state index contributed by atoms with van der Waals surface area (Å²) < 4.78 is 11.0. The number of rotatable bonds is 9. The molecule has 3 atom stereocenters. The molecule has 166 valence electrons. The molecular weight excluding hydrogens is 398 g/mol. The van der Waals surface area contributed by atoms with Gasteiger partial charge in [-0.15, -0.1) is 0 Å². The number of imide groups is 1. The first-order valence-corrected chi connectivity index (χ1v) is 10.7. The standard InChI is InChI=1S/C24H29NO6/c1-17(22-21(27)13-12-20(31-22)11-7-2-3-8-14-26)23(28)25-19(16-30-24(25)29)15-18-9-5-4-6-10-18/h4-6,9-13,17,19,22,26H,2-3,7-8,14-16H2,1H3/t17-,19-,22-/m0/s1. The van der Waals surface area contributed by atoms with Gasteiger partial charge in [0.05, 0.1) is 12.0 Å². The molecule has 1 aromatic rings. The van der Waals surface area contributed by atoms with Crippen molar-refractivity contribution >= 4 is 17.8 Å². The third-order valence-electron chi connectivity index (χ3n) is 5.52. The van der Waals surface area contributed by atoms with Crippen LogP contribution in [0.3, 0.4) is 0 Å². The lowest BCUT2D eigenvalue weighted by Crippen LogP contribution is -2.48. The number of aliphatic hydroxyl groups is 1. The molecule has 2 aliphatic rings. The summed E-state index contributed by atoms with van der Waals surface area (Å²) in [4.78, 5) is 39.0. The van der Waals surface area contributed by atoms with E-state index in [-0.39, 0.29) is 19.0 Å². The molecule has 0 saturated carbocycles. The first-order chi connectivity index (χ1) is 15.0. The van der Waals surface area contributed by atoms with E-state index < -0.39 is 30.1 Å². The van der Waals surface area contributed by atoms with E-state index in [9.17, 15) is 14.4 Å². The van der Waals surface area contributed by atoms with Crippen LogP contribution in [0.2, 0.25) is 0 Å². The van der Waals surface area contributed by atoms with Crippen LogP contribution >= 0.6 is 0 Å². The summed E-state index contributed by atoms with van der Waals surface area (Å²) in [6.07, 6.45) is 7.03. The highest BCUT2D eigenvalue weighted by atomic mass is 16.6. The molecule has 0 aliphatic carbocycles. The second-order valence-electron chi connectivity index (χ2n) is 7.87. The average molecular weight is 427 g/mol. The van der Waals surface area contributed by atoms with Gasteiger partial charge in [-0.1, -0.05) is 36.8 Å². The van der Waals surface area contributed by atoms with E-state index in [1.165, 1.54) is 6.08 Å². The van der Waals surface area contributed by atoms with Gasteiger partial charge in [-0.3, -0.25) is 9.59 Å². The monoisotopic (exact) mass is 427 g/mol. The van der Waals surface area contributed by atoms with Crippen LogP contribution in [-0.4, -0.2) is 53.1 Å². The number of unbranched alkanes of at least 4 members (excludes halogenated alkanes) is 3. The number of aliphatic hydroxyl groups excluding tert-OH is 1. The van der Waals surface area contributed by atoms with Crippen LogP contribution in [0.15, 0.2) is 54.3 Å². The minimum atomic E-state index is -0.980. The lowest BCUT2D eigenvalue weighted by molar-refractivity contribution is -0.142. The molecule has 0 unspecified atom stereocenters. The van der Waals surface area contributed by atoms with Gasteiger partial charge in [0.25, 0.3) is 0 Å². The predicted octanol–water partition coefficient (Wildman–Crippen LogP) is 3.17. The maximum Gasteiger partial charge on any atom is 0.416 e. The van der Waals surface area contributed by atoms with Crippen molar-refractivity contribution in [2.45, 2.75) is 51.2 Å². The zero-order valence-corrected chi connectivity index (χ0v) is 17.7. The van der Waals surface area contributed by atoms with Gasteiger partial charge in [0.1, 0.15) is 12.4 Å². The fourth-order valence-electron chi connectivity index (χ4n) is 3.76. The number of benzene rings is 1. The molecule has 0 spiro atoms. The Morgan fingerprint density at radius 3 is 2.71 bits per heavy atom. The van der Waals surface area contributed by atoms with Crippen LogP contribution in [0.25, 0.3) is 0 Å². The SMILES string of the molecule is C[C@H](C(=O)N1C(=O)OC[C@@H]1Cc1ccccc1)[C@@H]1OC(=CCCCCCO)C=CC1=O. The second-order valence-corrected chi connectivity index (χ2v) is 7.87. The molecule has 0 bridgehead atoms. The van der Waals surface area contributed by atoms with E-state index in [0.717, 1.165) is 36.1 Å². The predicted molar refractivity (Wildman–Crippen MR) is 114 cm³/mol. The number of cyclic esters (lactones) is 1. The Bertz CT molecular complexity index is 847. The second kappa shape index (κ2) is 10.9. The average Bonchev–Trinajstić information content (AvgIpc) is 3.14. The first kappa shape index (κ1) is 22.7. The topological polar surface area (TPSA) is 93.1 Å². The van der Waals surface area contributed by atoms with Gasteiger partial charge in [-0.2, -0.15) is 0 Å². The van der Waals surface area contributed by atoms with Crippen molar-refractivity contribution in [2.24, 2.45) is 5.92 Å². The zero-order valence-electron chi connectivity index (χ0n) is 17.7. The molecule has 1 aromatic carbocycles. The molecule has 2 amide bonds. The highest BCUT2D eigenvalue weighted by Crippen LogP contribution is 2.26. The summed E-state index contributed by atoms with van der Waals surface area (Å²) >= 11 is 0. The summed E-state index contributed by atoms with van der Waals surface area (Å²) in [5.74, 6) is -1.07. The Balaban J connectivity index is 1.65. The lowest BCUT2D eigenvalue weighted by Gasteiger charge is -2.29. The molecule has 3 rings (SSSR count). The third kappa shape index (κ3) is 5.82. The minimum absolute atomic E-state index is 0.130. The third-order valence-corrected chi connectivity index (χ3v) is 5.52. The van der Waals surface area contributed by atoms with Crippen molar-refractivity contribution in [3.05, 3.63) is 59.9 Å². The molecule has 2 aliphatic heterocycles. The Labute approximate surface area is 182 Å². The van der Waals surface area contributed by atoms with Crippen molar-refractivity contribution in [1.82, 2.24) is 4.90 Å². The highest BCUT2D eigenvalue weighted by Gasteiger charge is 2.43. The Hall–Kier alpha value is -2.93. The summed E-state index contributed by atoms with van der Waals surface area (Å²) in [6.45, 7) is 1.91. The maximum absolute atomic E-state index is 13.2. The number of hydrogen-bond acceptors (Lipinski definition) is 6. The molecule has 31 heavy (non-hydrogen) atoms. The maximum atomic E-state index is 13.2. The molecule has 1 N–H and O–H groups in total. The van der Waals surface area contributed by atoms with Crippen molar-refractivity contribution in [1.29, 1.82) is 0 Å². The number of nitrogens with zero attached hydrogens (tertiary/aromatic N) is 1. The summed E-state index contributed by atoms with van der Waals surface area (Å²) in [6, 6.07) is 9.17. The van der Waals surface area contributed by atoms with Gasteiger partial charge in [0.15, 0.2) is 11.9 Å². The number of allylic oxidation sites excluding steroid dienone is 2. The fourth-order valence-corrected chi connectivity index (χ4v) is 3.76. The van der Waals surface area contributed by atoms with E-state index in [2.05, 4.69) is 0 Å². The number of amides is 2. The molecule has 7 nitrogen and oxygen atoms in total. The van der Waals surface area contributed by atoms with Crippen molar-refractivity contribution in [3.63, 3.8) is 0 Å². The Morgan fingerprint density at radius 2 is 1.97 bits per heavy atom. The van der Waals surface area contributed by atoms with Crippen LogP contribution < -0.4 is 0 Å².